The van der Waals surface area contributed by atoms with E-state index in [2.05, 4.69) is 0 Å². The van der Waals surface area contributed by atoms with E-state index in [0.29, 0.717) is 4.90 Å². The molecule has 0 spiro atoms. The van der Waals surface area contributed by atoms with Gasteiger partial charge >= 0.3 is 5.97 Å². The highest BCUT2D eigenvalue weighted by Crippen LogP contribution is 2.20. The van der Waals surface area contributed by atoms with E-state index in [1.54, 1.807) is 0 Å². The molecule has 19 heavy (non-hydrogen) atoms. The average Bonchev–Trinajstić information content (AvgIpc) is 2.37. The van der Waals surface area contributed by atoms with Crippen molar-refractivity contribution in [3.05, 3.63) is 29.8 Å². The van der Waals surface area contributed by atoms with Crippen molar-refractivity contribution in [1.82, 2.24) is 4.90 Å². The van der Waals surface area contributed by atoms with E-state index in [4.69, 9.17) is 5.11 Å². The molecular weight excluding hydrogens is 276 g/mol. The smallest absolute Gasteiger partial charge is 0.326 e. The summed E-state index contributed by atoms with van der Waals surface area (Å²) in [6, 6.07) is 2.40. The highest BCUT2D eigenvalue weighted by molar-refractivity contribution is 8.00. The first-order chi connectivity index (χ1) is 8.82. The third-order valence-corrected chi connectivity index (χ3v) is 3.56. The number of thioether (sulfide) groups is 1. The quantitative estimate of drug-likeness (QED) is 0.842. The first-order valence-electron chi connectivity index (χ1n) is 5.39. The number of carbonyl (C=O) groups excluding carboxylic acids is 1. The van der Waals surface area contributed by atoms with Gasteiger partial charge in [-0.2, -0.15) is 0 Å². The number of carbonyl (C=O) groups is 2. The molecule has 104 valence electrons. The van der Waals surface area contributed by atoms with Gasteiger partial charge in [0.2, 0.25) is 5.91 Å². The second kappa shape index (κ2) is 6.51. The van der Waals surface area contributed by atoms with Crippen molar-refractivity contribution in [1.29, 1.82) is 0 Å². The van der Waals surface area contributed by atoms with Crippen LogP contribution < -0.4 is 0 Å². The number of likely N-dealkylation sites (N-methyl/N-ethyl adjacent to an activating group) is 1. The molecule has 4 nitrogen and oxygen atoms in total. The van der Waals surface area contributed by atoms with E-state index >= 15 is 0 Å². The molecule has 0 heterocycles. The van der Waals surface area contributed by atoms with Crippen molar-refractivity contribution in [3.63, 3.8) is 0 Å². The van der Waals surface area contributed by atoms with Crippen LogP contribution in [0, 0.1) is 11.6 Å². The summed E-state index contributed by atoms with van der Waals surface area (Å²) < 4.78 is 25.6. The summed E-state index contributed by atoms with van der Waals surface area (Å²) >= 11 is 1.02. The molecule has 0 fully saturated rings. The molecule has 1 aromatic carbocycles. The van der Waals surface area contributed by atoms with Crippen molar-refractivity contribution in [3.8, 4) is 0 Å². The minimum absolute atomic E-state index is 0.0425. The fourth-order valence-corrected chi connectivity index (χ4v) is 2.04. The number of rotatable bonds is 5. The number of nitrogens with zero attached hydrogens (tertiary/aromatic N) is 1. The number of amides is 1. The Balaban J connectivity index is 2.59. The lowest BCUT2D eigenvalue weighted by molar-refractivity contribution is -0.147. The number of carboxylic acids is 1. The van der Waals surface area contributed by atoms with E-state index in [9.17, 15) is 18.4 Å². The Bertz CT molecular complexity index is 496. The lowest BCUT2D eigenvalue weighted by atomic mass is 10.3. The number of carboxylic acid groups (broad SMARTS) is 1. The third-order valence-electron chi connectivity index (χ3n) is 2.59. The third kappa shape index (κ3) is 4.20. The Morgan fingerprint density at radius 1 is 1.37 bits per heavy atom. The maximum atomic E-state index is 12.9. The Morgan fingerprint density at radius 3 is 2.53 bits per heavy atom. The fourth-order valence-electron chi connectivity index (χ4n) is 1.20. The molecule has 1 rings (SSSR count). The summed E-state index contributed by atoms with van der Waals surface area (Å²) in [5.41, 5.74) is 0. The van der Waals surface area contributed by atoms with Gasteiger partial charge in [0.1, 0.15) is 6.04 Å². The Labute approximate surface area is 113 Å². The molecule has 0 aliphatic carbocycles. The summed E-state index contributed by atoms with van der Waals surface area (Å²) in [6.45, 7) is 1.39. The molecule has 0 aliphatic rings. The molecule has 0 saturated carbocycles. The SMILES string of the molecule is CC(C(=O)O)N(C)C(=O)CSc1ccc(F)c(F)c1. The van der Waals surface area contributed by atoms with E-state index in [1.807, 2.05) is 0 Å². The molecular formula is C12H13F2NO3S. The molecule has 0 radical (unpaired) electrons. The molecule has 1 aromatic rings. The van der Waals surface area contributed by atoms with Crippen LogP contribution in [-0.2, 0) is 9.59 Å². The number of hydrogen-bond donors (Lipinski definition) is 1. The van der Waals surface area contributed by atoms with Gasteiger partial charge in [0.25, 0.3) is 0 Å². The lowest BCUT2D eigenvalue weighted by Gasteiger charge is -2.21. The van der Waals surface area contributed by atoms with E-state index in [1.165, 1.54) is 20.0 Å². The van der Waals surface area contributed by atoms with E-state index in [0.717, 1.165) is 28.8 Å². The van der Waals surface area contributed by atoms with Gasteiger partial charge in [-0.05, 0) is 25.1 Å². The summed E-state index contributed by atoms with van der Waals surface area (Å²) in [6.07, 6.45) is 0. The van der Waals surface area contributed by atoms with Gasteiger partial charge in [-0.15, -0.1) is 11.8 Å². The molecule has 0 bridgehead atoms. The van der Waals surface area contributed by atoms with Gasteiger partial charge in [-0.1, -0.05) is 0 Å². The minimum atomic E-state index is -1.10. The maximum absolute atomic E-state index is 12.9. The summed E-state index contributed by atoms with van der Waals surface area (Å²) in [7, 11) is 1.38. The molecule has 1 atom stereocenters. The number of benzene rings is 1. The normalized spacial score (nSPS) is 12.0. The molecule has 1 N–H and O–H groups in total. The van der Waals surface area contributed by atoms with Crippen molar-refractivity contribution < 1.29 is 23.5 Å². The summed E-state index contributed by atoms with van der Waals surface area (Å²) in [5.74, 6) is -3.48. The Hall–Kier alpha value is -1.63. The Kier molecular flexibility index (Phi) is 5.29. The zero-order valence-electron chi connectivity index (χ0n) is 10.4. The fraction of sp³-hybridized carbons (Fsp3) is 0.333. The van der Waals surface area contributed by atoms with Crippen LogP contribution in [0.4, 0.5) is 8.78 Å². The van der Waals surface area contributed by atoms with Gasteiger partial charge in [0.05, 0.1) is 5.75 Å². The first kappa shape index (κ1) is 15.4. The number of halogens is 2. The molecule has 0 saturated heterocycles. The van der Waals surface area contributed by atoms with Gasteiger partial charge in [-0.3, -0.25) is 4.79 Å². The van der Waals surface area contributed by atoms with Crippen LogP contribution in [0.25, 0.3) is 0 Å². The maximum Gasteiger partial charge on any atom is 0.326 e. The minimum Gasteiger partial charge on any atom is -0.480 e. The molecule has 1 unspecified atom stereocenters. The predicted octanol–water partition coefficient (Wildman–Crippen LogP) is 1.99. The van der Waals surface area contributed by atoms with Crippen molar-refractivity contribution in [2.75, 3.05) is 12.8 Å². The zero-order valence-corrected chi connectivity index (χ0v) is 11.2. The van der Waals surface area contributed by atoms with Gasteiger partial charge in [0, 0.05) is 11.9 Å². The van der Waals surface area contributed by atoms with Crippen molar-refractivity contribution in [2.45, 2.75) is 17.9 Å². The van der Waals surface area contributed by atoms with Crippen LogP contribution in [-0.4, -0.2) is 40.7 Å². The topological polar surface area (TPSA) is 57.6 Å². The largest absolute Gasteiger partial charge is 0.480 e. The number of hydrogen-bond acceptors (Lipinski definition) is 3. The zero-order chi connectivity index (χ0) is 14.6. The monoisotopic (exact) mass is 289 g/mol. The van der Waals surface area contributed by atoms with E-state index < -0.39 is 29.6 Å². The predicted molar refractivity (Wildman–Crippen MR) is 66.9 cm³/mol. The van der Waals surface area contributed by atoms with Gasteiger partial charge in [0.15, 0.2) is 11.6 Å². The van der Waals surface area contributed by atoms with Crippen LogP contribution in [0.1, 0.15) is 6.92 Å². The highest BCUT2D eigenvalue weighted by Gasteiger charge is 2.21. The highest BCUT2D eigenvalue weighted by atomic mass is 32.2. The van der Waals surface area contributed by atoms with Crippen molar-refractivity contribution >= 4 is 23.6 Å². The molecule has 0 aliphatic heterocycles. The standard InChI is InChI=1S/C12H13F2NO3S/c1-7(12(17)18)15(2)11(16)6-19-8-3-4-9(13)10(14)5-8/h3-5,7H,6H2,1-2H3,(H,17,18). The van der Waals surface area contributed by atoms with Gasteiger partial charge in [-0.25, -0.2) is 13.6 Å². The number of aliphatic carboxylic acids is 1. The van der Waals surface area contributed by atoms with Crippen LogP contribution in [0.15, 0.2) is 23.1 Å². The summed E-state index contributed by atoms with van der Waals surface area (Å²) in [5, 5.41) is 8.76. The first-order valence-corrected chi connectivity index (χ1v) is 6.37. The van der Waals surface area contributed by atoms with Crippen LogP contribution in [0.5, 0.6) is 0 Å². The Morgan fingerprint density at radius 2 is 2.00 bits per heavy atom. The second-order valence-corrected chi connectivity index (χ2v) is 4.93. The molecule has 7 heteroatoms. The second-order valence-electron chi connectivity index (χ2n) is 3.88. The van der Waals surface area contributed by atoms with Crippen LogP contribution in [0.3, 0.4) is 0 Å². The van der Waals surface area contributed by atoms with Crippen LogP contribution >= 0.6 is 11.8 Å². The lowest BCUT2D eigenvalue weighted by Crippen LogP contribution is -2.41. The van der Waals surface area contributed by atoms with Crippen LogP contribution in [0.2, 0.25) is 0 Å². The van der Waals surface area contributed by atoms with Gasteiger partial charge < -0.3 is 10.0 Å². The average molecular weight is 289 g/mol. The summed E-state index contributed by atoms with van der Waals surface area (Å²) in [4.78, 5) is 23.9. The van der Waals surface area contributed by atoms with Crippen molar-refractivity contribution in [2.24, 2.45) is 0 Å². The van der Waals surface area contributed by atoms with E-state index in [-0.39, 0.29) is 5.75 Å². The molecule has 1 amide bonds. The molecule has 0 aromatic heterocycles.